The number of carbonyl (C=O) groups excluding carboxylic acids is 4. The van der Waals surface area contributed by atoms with Crippen molar-refractivity contribution in [2.45, 2.75) is 103 Å². The molecule has 12 heteroatoms. The standard InChI is InChI=1S/C23H41N3O9/c1-6-7-8-17(29)26-18(12(2)3)22(33)25-14(13(4)27)9-10-16(28)24-11-15-19(30)20(31)21(32)23(34-5)35-15/h12,14-15,18-21,23,30-32H,6-11H2,1-5H3,(H,24,28)(H,25,33)(H,26,29)/t14-,15+,18-,19+,20-,21+,23+/m0/s1. The highest BCUT2D eigenvalue weighted by atomic mass is 16.7. The van der Waals surface area contributed by atoms with E-state index in [0.29, 0.717) is 12.8 Å². The van der Waals surface area contributed by atoms with Crippen LogP contribution in [0.3, 0.4) is 0 Å². The van der Waals surface area contributed by atoms with Crippen molar-refractivity contribution in [1.82, 2.24) is 16.0 Å². The Hall–Kier alpha value is -2.12. The van der Waals surface area contributed by atoms with E-state index in [-0.39, 0.29) is 37.0 Å². The van der Waals surface area contributed by atoms with Crippen molar-refractivity contribution in [3.63, 3.8) is 0 Å². The molecule has 0 saturated carbocycles. The minimum Gasteiger partial charge on any atom is -0.388 e. The molecule has 12 nitrogen and oxygen atoms in total. The van der Waals surface area contributed by atoms with Crippen molar-refractivity contribution < 1.29 is 44.0 Å². The number of ether oxygens (including phenoxy) is 2. The van der Waals surface area contributed by atoms with Crippen molar-refractivity contribution in [2.24, 2.45) is 5.92 Å². The third kappa shape index (κ3) is 9.80. The third-order valence-corrected chi connectivity index (χ3v) is 5.89. The number of aliphatic hydroxyl groups excluding tert-OH is 3. The second-order valence-electron chi connectivity index (χ2n) is 9.16. The number of unbranched alkanes of at least 4 members (excludes halogenated alkanes) is 1. The van der Waals surface area contributed by atoms with Crippen molar-refractivity contribution in [1.29, 1.82) is 0 Å². The van der Waals surface area contributed by atoms with E-state index in [4.69, 9.17) is 9.47 Å². The summed E-state index contributed by atoms with van der Waals surface area (Å²) in [5.41, 5.74) is 0. The average Bonchev–Trinajstić information content (AvgIpc) is 2.81. The van der Waals surface area contributed by atoms with Gasteiger partial charge in [-0.05, 0) is 25.7 Å². The Morgan fingerprint density at radius 2 is 1.63 bits per heavy atom. The summed E-state index contributed by atoms with van der Waals surface area (Å²) in [5, 5.41) is 37.6. The Morgan fingerprint density at radius 1 is 0.971 bits per heavy atom. The Balaban J connectivity index is 2.61. The second kappa shape index (κ2) is 15.1. The largest absolute Gasteiger partial charge is 0.388 e. The van der Waals surface area contributed by atoms with Gasteiger partial charge in [0.15, 0.2) is 12.1 Å². The first kappa shape index (κ1) is 30.9. The number of aliphatic hydroxyl groups is 3. The summed E-state index contributed by atoms with van der Waals surface area (Å²) in [6.45, 7) is 6.66. The van der Waals surface area contributed by atoms with Crippen LogP contribution in [0.25, 0.3) is 0 Å². The van der Waals surface area contributed by atoms with Crippen LogP contribution in [-0.2, 0) is 28.7 Å². The summed E-state index contributed by atoms with van der Waals surface area (Å²) < 4.78 is 10.3. The molecule has 0 aromatic rings. The Labute approximate surface area is 206 Å². The Kier molecular flexibility index (Phi) is 13.3. The van der Waals surface area contributed by atoms with Gasteiger partial charge in [-0.2, -0.15) is 0 Å². The first-order valence-corrected chi connectivity index (χ1v) is 12.0. The maximum absolute atomic E-state index is 12.8. The number of amides is 3. The van der Waals surface area contributed by atoms with Gasteiger partial charge >= 0.3 is 0 Å². The van der Waals surface area contributed by atoms with Gasteiger partial charge < -0.3 is 40.7 Å². The molecule has 35 heavy (non-hydrogen) atoms. The molecule has 1 fully saturated rings. The number of Topliss-reactive ketones (excluding diaryl/α,β-unsaturated/α-hetero) is 1. The zero-order valence-corrected chi connectivity index (χ0v) is 21.2. The molecular weight excluding hydrogens is 462 g/mol. The molecular formula is C23H41N3O9. The number of hydrogen-bond acceptors (Lipinski definition) is 9. The SMILES string of the molecule is CCCCC(=O)N[C@H](C(=O)N[C@@H](CCC(=O)NC[C@H]1O[C@@H](OC)[C@H](O)[C@@H](O)[C@@H]1O)C(C)=O)C(C)C. The highest BCUT2D eigenvalue weighted by Crippen LogP contribution is 2.21. The first-order valence-electron chi connectivity index (χ1n) is 12.0. The molecule has 1 aliphatic heterocycles. The highest BCUT2D eigenvalue weighted by molar-refractivity contribution is 5.92. The van der Waals surface area contributed by atoms with Crippen molar-refractivity contribution >= 4 is 23.5 Å². The zero-order valence-electron chi connectivity index (χ0n) is 21.2. The fraction of sp³-hybridized carbons (Fsp3) is 0.826. The van der Waals surface area contributed by atoms with Crippen LogP contribution in [0, 0.1) is 5.92 Å². The third-order valence-electron chi connectivity index (χ3n) is 5.89. The number of carbonyl (C=O) groups is 4. The number of methoxy groups -OCH3 is 1. The molecule has 0 aliphatic carbocycles. The Morgan fingerprint density at radius 3 is 2.17 bits per heavy atom. The molecule has 0 bridgehead atoms. The van der Waals surface area contributed by atoms with Gasteiger partial charge in [-0.1, -0.05) is 27.2 Å². The van der Waals surface area contributed by atoms with Crippen LogP contribution in [-0.4, -0.2) is 95.3 Å². The lowest BCUT2D eigenvalue weighted by atomic mass is 9.98. The minimum atomic E-state index is -1.51. The van der Waals surface area contributed by atoms with Gasteiger partial charge in [0.1, 0.15) is 30.5 Å². The smallest absolute Gasteiger partial charge is 0.243 e. The lowest BCUT2D eigenvalue weighted by Crippen LogP contribution is -2.60. The number of ketones is 1. The number of rotatable bonds is 14. The minimum absolute atomic E-state index is 0.0254. The summed E-state index contributed by atoms with van der Waals surface area (Å²) in [4.78, 5) is 49.2. The van der Waals surface area contributed by atoms with Gasteiger partial charge in [0.2, 0.25) is 17.7 Å². The maximum atomic E-state index is 12.8. The van der Waals surface area contributed by atoms with Crippen LogP contribution in [0.15, 0.2) is 0 Å². The molecule has 0 unspecified atom stereocenters. The van der Waals surface area contributed by atoms with Crippen molar-refractivity contribution in [3.8, 4) is 0 Å². The molecule has 0 aromatic heterocycles. The first-order chi connectivity index (χ1) is 16.4. The predicted molar refractivity (Wildman–Crippen MR) is 125 cm³/mol. The molecule has 1 saturated heterocycles. The lowest BCUT2D eigenvalue weighted by molar-refractivity contribution is -0.288. The van der Waals surface area contributed by atoms with Gasteiger partial charge in [-0.15, -0.1) is 0 Å². The molecule has 202 valence electrons. The molecule has 6 N–H and O–H groups in total. The van der Waals surface area contributed by atoms with Crippen molar-refractivity contribution in [3.05, 3.63) is 0 Å². The van der Waals surface area contributed by atoms with E-state index in [1.54, 1.807) is 13.8 Å². The van der Waals surface area contributed by atoms with Crippen LogP contribution in [0.1, 0.15) is 59.8 Å². The van der Waals surface area contributed by atoms with E-state index in [1.165, 1.54) is 14.0 Å². The summed E-state index contributed by atoms with van der Waals surface area (Å²) in [6.07, 6.45) is -4.79. The Bertz CT molecular complexity index is 716. The summed E-state index contributed by atoms with van der Waals surface area (Å²) >= 11 is 0. The summed E-state index contributed by atoms with van der Waals surface area (Å²) in [5.74, 6) is -1.74. The molecule has 3 amide bonds. The lowest BCUT2D eigenvalue weighted by Gasteiger charge is -2.39. The van der Waals surface area contributed by atoms with E-state index in [2.05, 4.69) is 16.0 Å². The van der Waals surface area contributed by atoms with Gasteiger partial charge in [0, 0.05) is 26.5 Å². The molecule has 7 atom stereocenters. The quantitative estimate of drug-likeness (QED) is 0.168. The van der Waals surface area contributed by atoms with Crippen LogP contribution in [0.4, 0.5) is 0 Å². The predicted octanol–water partition coefficient (Wildman–Crippen LogP) is -1.26. The van der Waals surface area contributed by atoms with E-state index in [0.717, 1.165) is 6.42 Å². The molecule has 1 heterocycles. The topological polar surface area (TPSA) is 184 Å². The molecule has 1 aliphatic rings. The van der Waals surface area contributed by atoms with Crippen LogP contribution in [0.5, 0.6) is 0 Å². The van der Waals surface area contributed by atoms with Crippen LogP contribution in [0.2, 0.25) is 0 Å². The fourth-order valence-corrected chi connectivity index (χ4v) is 3.61. The van der Waals surface area contributed by atoms with Gasteiger partial charge in [0.05, 0.1) is 6.04 Å². The highest BCUT2D eigenvalue weighted by Gasteiger charge is 2.43. The maximum Gasteiger partial charge on any atom is 0.243 e. The van der Waals surface area contributed by atoms with Crippen molar-refractivity contribution in [2.75, 3.05) is 13.7 Å². The monoisotopic (exact) mass is 503 g/mol. The fourth-order valence-electron chi connectivity index (χ4n) is 3.61. The second-order valence-corrected chi connectivity index (χ2v) is 9.16. The summed E-state index contributed by atoms with van der Waals surface area (Å²) in [6, 6.07) is -1.73. The van der Waals surface area contributed by atoms with Crippen LogP contribution < -0.4 is 16.0 Å². The number of hydrogen-bond donors (Lipinski definition) is 6. The zero-order chi connectivity index (χ0) is 26.7. The molecule has 1 rings (SSSR count). The van der Waals surface area contributed by atoms with E-state index >= 15 is 0 Å². The summed E-state index contributed by atoms with van der Waals surface area (Å²) in [7, 11) is 1.27. The van der Waals surface area contributed by atoms with Crippen LogP contribution >= 0.6 is 0 Å². The van der Waals surface area contributed by atoms with Gasteiger partial charge in [0.25, 0.3) is 0 Å². The normalized spacial score (nSPS) is 26.0. The molecule has 0 radical (unpaired) electrons. The molecule has 0 aromatic carbocycles. The van der Waals surface area contributed by atoms with E-state index < -0.39 is 54.6 Å². The average molecular weight is 504 g/mol. The van der Waals surface area contributed by atoms with E-state index in [1.807, 2.05) is 6.92 Å². The van der Waals surface area contributed by atoms with Gasteiger partial charge in [-0.25, -0.2) is 0 Å². The van der Waals surface area contributed by atoms with Gasteiger partial charge in [-0.3, -0.25) is 19.2 Å². The van der Waals surface area contributed by atoms with E-state index in [9.17, 15) is 34.5 Å². The molecule has 0 spiro atoms. The number of nitrogens with one attached hydrogen (secondary N) is 3.